The van der Waals surface area contributed by atoms with Crippen LogP contribution in [0.1, 0.15) is 18.9 Å². The van der Waals surface area contributed by atoms with E-state index in [0.717, 1.165) is 31.7 Å². The van der Waals surface area contributed by atoms with Gasteiger partial charge < -0.3 is 20.1 Å². The smallest absolute Gasteiger partial charge is 0.123 e. The third-order valence-electron chi connectivity index (χ3n) is 3.80. The van der Waals surface area contributed by atoms with Gasteiger partial charge in [0.05, 0.1) is 6.61 Å². The average molecular weight is 296 g/mol. The minimum absolute atomic E-state index is 0.0196. The highest BCUT2D eigenvalue weighted by molar-refractivity contribution is 5.34. The Bertz CT molecular complexity index is 456. The lowest BCUT2D eigenvalue weighted by molar-refractivity contribution is -0.0404. The van der Waals surface area contributed by atoms with Crippen molar-refractivity contribution in [3.63, 3.8) is 0 Å². The van der Waals surface area contributed by atoms with Crippen LogP contribution in [0.5, 0.6) is 5.75 Å². The molecule has 1 aliphatic heterocycles. The second-order valence-corrected chi connectivity index (χ2v) is 5.69. The third kappa shape index (κ3) is 4.95. The number of likely N-dealkylation sites (N-methyl/N-ethyl adjacent to an activating group) is 1. The molecule has 1 aliphatic rings. The average Bonchev–Trinajstić information content (AvgIpc) is 2.46. The molecule has 1 fully saturated rings. The topological polar surface area (TPSA) is 47.7 Å². The number of nitrogens with two attached hydrogens (primary N) is 1. The van der Waals surface area contributed by atoms with E-state index in [2.05, 4.69) is 11.9 Å². The van der Waals surface area contributed by atoms with Crippen LogP contribution in [-0.4, -0.2) is 50.4 Å². The first-order valence-corrected chi connectivity index (χ1v) is 7.55. The van der Waals surface area contributed by atoms with Crippen LogP contribution in [0.2, 0.25) is 0 Å². The molecule has 21 heavy (non-hydrogen) atoms. The fourth-order valence-corrected chi connectivity index (χ4v) is 2.43. The summed E-state index contributed by atoms with van der Waals surface area (Å²) in [6.07, 6.45) is 1.53. The maximum absolute atomic E-state index is 13.4. The van der Waals surface area contributed by atoms with Crippen molar-refractivity contribution in [2.24, 2.45) is 5.73 Å². The Morgan fingerprint density at radius 3 is 3.05 bits per heavy atom. The molecule has 0 amide bonds. The van der Waals surface area contributed by atoms with Crippen LogP contribution in [0, 0.1) is 5.82 Å². The van der Waals surface area contributed by atoms with Gasteiger partial charge in [0.15, 0.2) is 0 Å². The minimum atomic E-state index is -0.255. The molecule has 0 aromatic heterocycles. The lowest BCUT2D eigenvalue weighted by atomic mass is 10.0. The zero-order valence-electron chi connectivity index (χ0n) is 12.8. The first-order valence-electron chi connectivity index (χ1n) is 7.55. The molecule has 0 spiro atoms. The highest BCUT2D eigenvalue weighted by atomic mass is 19.1. The maximum atomic E-state index is 13.4. The Morgan fingerprint density at radius 2 is 2.33 bits per heavy atom. The van der Waals surface area contributed by atoms with Gasteiger partial charge in [-0.3, -0.25) is 0 Å². The van der Waals surface area contributed by atoms with Crippen LogP contribution < -0.4 is 10.5 Å². The predicted octanol–water partition coefficient (Wildman–Crippen LogP) is 1.81. The molecule has 0 saturated carbocycles. The Labute approximate surface area is 126 Å². The van der Waals surface area contributed by atoms with Crippen molar-refractivity contribution < 1.29 is 13.9 Å². The molecular formula is C16H25FN2O2. The summed E-state index contributed by atoms with van der Waals surface area (Å²) < 4.78 is 24.9. The third-order valence-corrected chi connectivity index (χ3v) is 3.80. The summed E-state index contributed by atoms with van der Waals surface area (Å²) in [5, 5.41) is 0. The molecule has 2 N–H and O–H groups in total. The molecule has 0 radical (unpaired) electrons. The quantitative estimate of drug-likeness (QED) is 0.870. The van der Waals surface area contributed by atoms with Gasteiger partial charge in [0.1, 0.15) is 24.3 Å². The van der Waals surface area contributed by atoms with Crippen LogP contribution in [0.15, 0.2) is 18.2 Å². The fourth-order valence-electron chi connectivity index (χ4n) is 2.43. The van der Waals surface area contributed by atoms with Crippen LogP contribution in [-0.2, 0) is 11.2 Å². The van der Waals surface area contributed by atoms with Gasteiger partial charge in [-0.2, -0.15) is 0 Å². The van der Waals surface area contributed by atoms with E-state index in [1.807, 2.05) is 6.92 Å². The van der Waals surface area contributed by atoms with Crippen molar-refractivity contribution in [2.45, 2.75) is 31.9 Å². The molecule has 0 bridgehead atoms. The summed E-state index contributed by atoms with van der Waals surface area (Å²) in [6, 6.07) is 4.63. The molecule has 118 valence electrons. The van der Waals surface area contributed by atoms with Crippen LogP contribution in [0.4, 0.5) is 4.39 Å². The van der Waals surface area contributed by atoms with Gasteiger partial charge >= 0.3 is 0 Å². The Morgan fingerprint density at radius 1 is 1.52 bits per heavy atom. The number of nitrogens with zero attached hydrogens (tertiary/aromatic N) is 1. The minimum Gasteiger partial charge on any atom is -0.491 e. The van der Waals surface area contributed by atoms with Crippen molar-refractivity contribution in [1.82, 2.24) is 4.90 Å². The molecular weight excluding hydrogens is 271 g/mol. The first-order chi connectivity index (χ1) is 10.1. The summed E-state index contributed by atoms with van der Waals surface area (Å²) in [5.41, 5.74) is 6.80. The van der Waals surface area contributed by atoms with E-state index < -0.39 is 0 Å². The van der Waals surface area contributed by atoms with Gasteiger partial charge in [0.25, 0.3) is 0 Å². The highest BCUT2D eigenvalue weighted by Crippen LogP contribution is 2.22. The van der Waals surface area contributed by atoms with Crippen molar-refractivity contribution in [1.29, 1.82) is 0 Å². The number of halogens is 1. The predicted molar refractivity (Wildman–Crippen MR) is 81.1 cm³/mol. The summed E-state index contributed by atoms with van der Waals surface area (Å²) in [5.74, 6) is 0.450. The maximum Gasteiger partial charge on any atom is 0.123 e. The van der Waals surface area contributed by atoms with Gasteiger partial charge in [-0.1, -0.05) is 6.92 Å². The van der Waals surface area contributed by atoms with Crippen molar-refractivity contribution in [3.8, 4) is 5.75 Å². The Balaban J connectivity index is 1.98. The molecule has 4 nitrogen and oxygen atoms in total. The fraction of sp³-hybridized carbons (Fsp3) is 0.625. The molecule has 1 aromatic carbocycles. The molecule has 2 unspecified atom stereocenters. The molecule has 2 rings (SSSR count). The number of hydrogen-bond donors (Lipinski definition) is 1. The van der Waals surface area contributed by atoms with Crippen LogP contribution >= 0.6 is 0 Å². The summed E-state index contributed by atoms with van der Waals surface area (Å²) in [7, 11) is 2.07. The van der Waals surface area contributed by atoms with E-state index in [9.17, 15) is 4.39 Å². The van der Waals surface area contributed by atoms with Gasteiger partial charge in [-0.05, 0) is 43.7 Å². The van der Waals surface area contributed by atoms with Crippen LogP contribution in [0.3, 0.4) is 0 Å². The van der Waals surface area contributed by atoms with Crippen molar-refractivity contribution in [2.75, 3.05) is 33.4 Å². The molecule has 1 aromatic rings. The zero-order chi connectivity index (χ0) is 15.2. The first kappa shape index (κ1) is 16.2. The van der Waals surface area contributed by atoms with Gasteiger partial charge in [-0.25, -0.2) is 4.39 Å². The van der Waals surface area contributed by atoms with Crippen molar-refractivity contribution in [3.05, 3.63) is 29.6 Å². The lowest BCUT2D eigenvalue weighted by Crippen LogP contribution is -2.42. The monoisotopic (exact) mass is 296 g/mol. The summed E-state index contributed by atoms with van der Waals surface area (Å²) in [4.78, 5) is 2.22. The van der Waals surface area contributed by atoms with Crippen molar-refractivity contribution >= 4 is 0 Å². The standard InChI is InChI=1S/C16H25FN2O2/c1-3-14(18)9-12-8-13(17)4-5-16(12)21-11-15-10-19(2)6-7-20-15/h4-5,8,14-15H,3,6-7,9-11,18H2,1-2H3. The molecule has 1 heterocycles. The SMILES string of the molecule is CCC(N)Cc1cc(F)ccc1OCC1CN(C)CCO1. The molecule has 0 aliphatic carbocycles. The lowest BCUT2D eigenvalue weighted by Gasteiger charge is -2.30. The second kappa shape index (κ2) is 7.73. The van der Waals surface area contributed by atoms with Crippen LogP contribution in [0.25, 0.3) is 0 Å². The van der Waals surface area contributed by atoms with E-state index in [1.165, 1.54) is 12.1 Å². The molecule has 5 heteroatoms. The zero-order valence-corrected chi connectivity index (χ0v) is 12.8. The van der Waals surface area contributed by atoms with Gasteiger partial charge in [0.2, 0.25) is 0 Å². The van der Waals surface area contributed by atoms with Gasteiger partial charge in [-0.15, -0.1) is 0 Å². The number of benzene rings is 1. The van der Waals surface area contributed by atoms with E-state index in [-0.39, 0.29) is 18.0 Å². The largest absolute Gasteiger partial charge is 0.491 e. The number of rotatable bonds is 6. The molecule has 1 saturated heterocycles. The number of hydrogen-bond acceptors (Lipinski definition) is 4. The highest BCUT2D eigenvalue weighted by Gasteiger charge is 2.19. The Kier molecular flexibility index (Phi) is 5.96. The summed E-state index contributed by atoms with van der Waals surface area (Å²) in [6.45, 7) is 5.02. The van der Waals surface area contributed by atoms with E-state index >= 15 is 0 Å². The number of morpholine rings is 1. The van der Waals surface area contributed by atoms with E-state index in [4.69, 9.17) is 15.2 Å². The Hall–Kier alpha value is -1.17. The molecule has 2 atom stereocenters. The summed E-state index contributed by atoms with van der Waals surface area (Å²) >= 11 is 0. The van der Waals surface area contributed by atoms with Gasteiger partial charge in [0, 0.05) is 19.1 Å². The number of ether oxygens (including phenoxy) is 2. The second-order valence-electron chi connectivity index (χ2n) is 5.69. The van der Waals surface area contributed by atoms with E-state index in [0.29, 0.717) is 18.8 Å². The van der Waals surface area contributed by atoms with E-state index in [1.54, 1.807) is 6.07 Å². The normalized spacial score (nSPS) is 21.2.